The van der Waals surface area contributed by atoms with Crippen molar-refractivity contribution in [1.29, 1.82) is 5.26 Å². The summed E-state index contributed by atoms with van der Waals surface area (Å²) in [5.41, 5.74) is 0.301. The third kappa shape index (κ3) is 2.97. The molecule has 0 saturated heterocycles. The molecule has 4 nitrogen and oxygen atoms in total. The number of aryl methyl sites for hydroxylation is 1. The summed E-state index contributed by atoms with van der Waals surface area (Å²) in [4.78, 5) is 0. The van der Waals surface area contributed by atoms with Crippen molar-refractivity contribution in [3.8, 4) is 6.07 Å². The second-order valence-electron chi connectivity index (χ2n) is 2.97. The van der Waals surface area contributed by atoms with Gasteiger partial charge in [0.1, 0.15) is 11.8 Å². The zero-order valence-corrected chi connectivity index (χ0v) is 10.3. The molecule has 0 aliphatic heterocycles. The summed E-state index contributed by atoms with van der Waals surface area (Å²) < 4.78 is -0.197. The van der Waals surface area contributed by atoms with Crippen LogP contribution in [-0.2, 0) is 10.3 Å². The fraction of sp³-hybridized carbons (Fsp3) is 0.625. The molecule has 0 atom stereocenters. The summed E-state index contributed by atoms with van der Waals surface area (Å²) in [6, 6.07) is 1.85. The highest BCUT2D eigenvalue weighted by Gasteiger charge is 2.32. The fourth-order valence-electron chi connectivity index (χ4n) is 1.13. The maximum absolute atomic E-state index is 8.78. The highest BCUT2D eigenvalue weighted by atomic mass is 35.6. The molecule has 1 rings (SSSR count). The van der Waals surface area contributed by atoms with Crippen molar-refractivity contribution in [2.75, 3.05) is 0 Å². The topological polar surface area (TPSA) is 54.5 Å². The van der Waals surface area contributed by atoms with Gasteiger partial charge in [-0.1, -0.05) is 53.4 Å². The van der Waals surface area contributed by atoms with Gasteiger partial charge in [-0.3, -0.25) is 0 Å². The Morgan fingerprint density at radius 3 is 2.60 bits per heavy atom. The van der Waals surface area contributed by atoms with Gasteiger partial charge in [-0.15, -0.1) is 5.10 Å². The third-order valence-corrected chi connectivity index (χ3v) is 2.37. The van der Waals surface area contributed by atoms with Crippen molar-refractivity contribution in [1.82, 2.24) is 15.0 Å². The zero-order valence-electron chi connectivity index (χ0n) is 8.04. The average Bonchev–Trinajstić information content (AvgIpc) is 2.56. The van der Waals surface area contributed by atoms with Crippen molar-refractivity contribution in [3.05, 3.63) is 11.4 Å². The van der Waals surface area contributed by atoms with E-state index < -0.39 is 3.79 Å². The minimum absolute atomic E-state index is 0.0612. The van der Waals surface area contributed by atoms with Gasteiger partial charge in [0.2, 0.25) is 3.79 Å². The minimum atomic E-state index is -1.66. The lowest BCUT2D eigenvalue weighted by atomic mass is 10.3. The number of alkyl halides is 3. The molecule has 1 aromatic heterocycles. The summed E-state index contributed by atoms with van der Waals surface area (Å²) in [7, 11) is 0. The molecule has 0 aliphatic carbocycles. The Labute approximate surface area is 103 Å². The lowest BCUT2D eigenvalue weighted by molar-refractivity contribution is 0.535. The Morgan fingerprint density at radius 2 is 2.13 bits per heavy atom. The predicted molar refractivity (Wildman–Crippen MR) is 58.9 cm³/mol. The van der Waals surface area contributed by atoms with E-state index in [0.29, 0.717) is 6.54 Å². The molecular weight excluding hydrogens is 258 g/mol. The maximum Gasteiger partial charge on any atom is 0.235 e. The molecular formula is C8H9Cl3N4. The first-order valence-corrected chi connectivity index (χ1v) is 5.54. The molecule has 0 N–H and O–H groups in total. The van der Waals surface area contributed by atoms with Crippen LogP contribution in [0.25, 0.3) is 0 Å². The van der Waals surface area contributed by atoms with E-state index in [9.17, 15) is 0 Å². The summed E-state index contributed by atoms with van der Waals surface area (Å²) in [6.45, 7) is 2.63. The van der Waals surface area contributed by atoms with Gasteiger partial charge in [0, 0.05) is 6.54 Å². The molecule has 0 aromatic carbocycles. The van der Waals surface area contributed by atoms with Gasteiger partial charge in [-0.2, -0.15) is 5.26 Å². The Hall–Kier alpha value is -0.500. The van der Waals surface area contributed by atoms with Gasteiger partial charge in [-0.25, -0.2) is 4.68 Å². The fourth-order valence-corrected chi connectivity index (χ4v) is 1.69. The van der Waals surface area contributed by atoms with Crippen LogP contribution in [0, 0.1) is 11.3 Å². The van der Waals surface area contributed by atoms with E-state index in [4.69, 9.17) is 40.1 Å². The van der Waals surface area contributed by atoms with Crippen LogP contribution in [-0.4, -0.2) is 15.0 Å². The summed E-state index contributed by atoms with van der Waals surface area (Å²) >= 11 is 17.2. The molecule has 0 unspecified atom stereocenters. The van der Waals surface area contributed by atoms with Crippen molar-refractivity contribution < 1.29 is 0 Å². The zero-order chi connectivity index (χ0) is 11.5. The molecule has 0 saturated carbocycles. The number of nitriles is 1. The number of unbranched alkanes of at least 4 members (excludes halogenated alkanes) is 1. The largest absolute Gasteiger partial charge is 0.244 e. The summed E-state index contributed by atoms with van der Waals surface area (Å²) in [5.74, 6) is 0. The molecule has 0 spiro atoms. The van der Waals surface area contributed by atoms with E-state index >= 15 is 0 Å². The molecule has 0 fully saturated rings. The van der Waals surface area contributed by atoms with E-state index in [-0.39, 0.29) is 11.4 Å². The molecule has 0 aliphatic rings. The van der Waals surface area contributed by atoms with Crippen LogP contribution >= 0.6 is 34.8 Å². The van der Waals surface area contributed by atoms with Crippen LogP contribution in [0.2, 0.25) is 0 Å². The Bertz CT molecular complexity index is 374. The first-order chi connectivity index (χ1) is 7.00. The third-order valence-electron chi connectivity index (χ3n) is 1.83. The Kier molecular flexibility index (Phi) is 4.21. The van der Waals surface area contributed by atoms with Crippen LogP contribution in [0.4, 0.5) is 0 Å². The van der Waals surface area contributed by atoms with Gasteiger partial charge in [0.05, 0.1) is 0 Å². The molecule has 15 heavy (non-hydrogen) atoms. The SMILES string of the molecule is CCCCn1nnc(C#N)c1C(Cl)(Cl)Cl. The molecule has 0 radical (unpaired) electrons. The minimum Gasteiger partial charge on any atom is -0.244 e. The van der Waals surface area contributed by atoms with Crippen LogP contribution in [0.3, 0.4) is 0 Å². The van der Waals surface area contributed by atoms with Crippen LogP contribution < -0.4 is 0 Å². The molecule has 82 valence electrons. The van der Waals surface area contributed by atoms with E-state index in [2.05, 4.69) is 10.3 Å². The molecule has 7 heteroatoms. The monoisotopic (exact) mass is 266 g/mol. The van der Waals surface area contributed by atoms with Gasteiger partial charge < -0.3 is 0 Å². The smallest absolute Gasteiger partial charge is 0.235 e. The van der Waals surface area contributed by atoms with E-state index in [1.807, 2.05) is 13.0 Å². The standard InChI is InChI=1S/C8H9Cl3N4/c1-2-3-4-15-7(8(9,10)11)6(5-12)13-14-15/h2-4H2,1H3. The Balaban J connectivity index is 3.08. The van der Waals surface area contributed by atoms with Crippen molar-refractivity contribution >= 4 is 34.8 Å². The number of halogens is 3. The predicted octanol–water partition coefficient (Wildman–Crippen LogP) is 2.78. The molecule has 1 aromatic rings. The van der Waals surface area contributed by atoms with Gasteiger partial charge in [-0.05, 0) is 6.42 Å². The lowest BCUT2D eigenvalue weighted by Crippen LogP contribution is -2.13. The van der Waals surface area contributed by atoms with Crippen LogP contribution in [0.15, 0.2) is 0 Å². The van der Waals surface area contributed by atoms with Crippen LogP contribution in [0.5, 0.6) is 0 Å². The number of hydrogen-bond donors (Lipinski definition) is 0. The quantitative estimate of drug-likeness (QED) is 0.791. The lowest BCUT2D eigenvalue weighted by Gasteiger charge is -2.12. The highest BCUT2D eigenvalue weighted by molar-refractivity contribution is 6.66. The maximum atomic E-state index is 8.78. The van der Waals surface area contributed by atoms with Gasteiger partial charge >= 0.3 is 0 Å². The van der Waals surface area contributed by atoms with Gasteiger partial charge in [0.15, 0.2) is 5.69 Å². The normalized spacial score (nSPS) is 11.4. The number of hydrogen-bond acceptors (Lipinski definition) is 3. The van der Waals surface area contributed by atoms with E-state index in [1.165, 1.54) is 4.68 Å². The van der Waals surface area contributed by atoms with E-state index in [1.54, 1.807) is 0 Å². The highest BCUT2D eigenvalue weighted by Crippen LogP contribution is 2.39. The Morgan fingerprint density at radius 1 is 1.47 bits per heavy atom. The first-order valence-electron chi connectivity index (χ1n) is 4.41. The number of aromatic nitrogens is 3. The number of nitrogens with zero attached hydrogens (tertiary/aromatic N) is 4. The summed E-state index contributed by atoms with van der Waals surface area (Å²) in [6.07, 6.45) is 1.88. The second-order valence-corrected chi connectivity index (χ2v) is 5.25. The van der Waals surface area contributed by atoms with Crippen molar-refractivity contribution in [3.63, 3.8) is 0 Å². The summed E-state index contributed by atoms with van der Waals surface area (Å²) in [5, 5.41) is 16.2. The molecule has 0 amide bonds. The van der Waals surface area contributed by atoms with E-state index in [0.717, 1.165) is 12.8 Å². The molecule has 1 heterocycles. The van der Waals surface area contributed by atoms with Crippen molar-refractivity contribution in [2.45, 2.75) is 30.1 Å². The van der Waals surface area contributed by atoms with Gasteiger partial charge in [0.25, 0.3) is 0 Å². The van der Waals surface area contributed by atoms with Crippen LogP contribution in [0.1, 0.15) is 31.2 Å². The molecule has 0 bridgehead atoms. The van der Waals surface area contributed by atoms with Crippen molar-refractivity contribution in [2.24, 2.45) is 0 Å². The first kappa shape index (κ1) is 12.6. The average molecular weight is 268 g/mol. The number of rotatable bonds is 3. The second kappa shape index (κ2) is 5.02.